The molecule has 1 aromatic heterocycles. The molecule has 0 saturated heterocycles. The summed E-state index contributed by atoms with van der Waals surface area (Å²) in [6.45, 7) is 0.280. The highest BCUT2D eigenvalue weighted by Crippen LogP contribution is 2.35. The van der Waals surface area contributed by atoms with Crippen LogP contribution in [-0.4, -0.2) is 9.97 Å². The summed E-state index contributed by atoms with van der Waals surface area (Å²) in [6.07, 6.45) is -2.81. The van der Waals surface area contributed by atoms with E-state index in [4.69, 9.17) is 21.3 Å². The molecule has 4 aromatic carbocycles. The van der Waals surface area contributed by atoms with Gasteiger partial charge in [-0.3, -0.25) is 4.98 Å². The summed E-state index contributed by atoms with van der Waals surface area (Å²) >= 11 is 5.99. The van der Waals surface area contributed by atoms with Gasteiger partial charge in [-0.1, -0.05) is 41.9 Å². The zero-order chi connectivity index (χ0) is 25.1. The number of ether oxygens (including phenoxy) is 1. The van der Waals surface area contributed by atoms with Crippen molar-refractivity contribution in [3.05, 3.63) is 119 Å². The number of anilines is 2. The van der Waals surface area contributed by atoms with Gasteiger partial charge in [-0.2, -0.15) is 13.2 Å². The van der Waals surface area contributed by atoms with E-state index in [-0.39, 0.29) is 6.54 Å². The molecule has 0 unspecified atom stereocenters. The Bertz CT molecular complexity index is 1490. The third-order valence-corrected chi connectivity index (χ3v) is 5.81. The van der Waals surface area contributed by atoms with Gasteiger partial charge in [-0.15, -0.1) is 0 Å². The van der Waals surface area contributed by atoms with Gasteiger partial charge in [0, 0.05) is 16.3 Å². The maximum absolute atomic E-state index is 13.2. The molecule has 5 aromatic rings. The van der Waals surface area contributed by atoms with Crippen molar-refractivity contribution in [2.75, 3.05) is 4.90 Å². The minimum Gasteiger partial charge on any atom is -0.457 e. The van der Waals surface area contributed by atoms with Crippen LogP contribution in [-0.2, 0) is 12.7 Å². The molecule has 0 aliphatic rings. The summed E-state index contributed by atoms with van der Waals surface area (Å²) in [5, 5.41) is 0.596. The molecule has 5 rings (SSSR count). The summed E-state index contributed by atoms with van der Waals surface area (Å²) in [5.74, 6) is 1.71. The van der Waals surface area contributed by atoms with Gasteiger partial charge in [-0.25, -0.2) is 4.98 Å². The Morgan fingerprint density at radius 1 is 0.778 bits per heavy atom. The van der Waals surface area contributed by atoms with Crippen LogP contribution in [0.5, 0.6) is 11.5 Å². The molecular weight excluding hydrogens is 487 g/mol. The van der Waals surface area contributed by atoms with Crippen LogP contribution in [0.25, 0.3) is 11.0 Å². The molecule has 36 heavy (non-hydrogen) atoms. The van der Waals surface area contributed by atoms with E-state index in [1.54, 1.807) is 30.5 Å². The maximum Gasteiger partial charge on any atom is 0.416 e. The van der Waals surface area contributed by atoms with Crippen LogP contribution in [0.1, 0.15) is 11.1 Å². The van der Waals surface area contributed by atoms with Crippen molar-refractivity contribution in [3.63, 3.8) is 0 Å². The van der Waals surface area contributed by atoms with Crippen LogP contribution in [0.2, 0.25) is 5.02 Å². The monoisotopic (exact) mass is 505 g/mol. The molecule has 0 atom stereocenters. The van der Waals surface area contributed by atoms with Gasteiger partial charge in [0.15, 0.2) is 5.82 Å². The number of nitrogens with zero attached hydrogens (tertiary/aromatic N) is 3. The van der Waals surface area contributed by atoms with Crippen LogP contribution in [0, 0.1) is 0 Å². The lowest BCUT2D eigenvalue weighted by Gasteiger charge is -2.25. The number of halogens is 4. The lowest BCUT2D eigenvalue weighted by molar-refractivity contribution is -0.137. The Morgan fingerprint density at radius 3 is 2.17 bits per heavy atom. The number of rotatable bonds is 6. The summed E-state index contributed by atoms with van der Waals surface area (Å²) < 4.78 is 45.7. The first-order chi connectivity index (χ1) is 17.4. The normalized spacial score (nSPS) is 11.4. The molecule has 180 valence electrons. The average Bonchev–Trinajstić information content (AvgIpc) is 2.89. The van der Waals surface area contributed by atoms with E-state index in [0.717, 1.165) is 23.2 Å². The summed E-state index contributed by atoms with van der Waals surface area (Å²) in [5.41, 5.74) is 2.02. The van der Waals surface area contributed by atoms with Crippen LogP contribution >= 0.6 is 11.6 Å². The van der Waals surface area contributed by atoms with Crippen molar-refractivity contribution < 1.29 is 17.9 Å². The van der Waals surface area contributed by atoms with Gasteiger partial charge in [0.25, 0.3) is 0 Å². The molecule has 8 heteroatoms. The molecule has 4 nitrogen and oxygen atoms in total. The summed E-state index contributed by atoms with van der Waals surface area (Å²) in [7, 11) is 0. The molecular formula is C28H19ClF3N3O. The van der Waals surface area contributed by atoms with Gasteiger partial charge in [0.05, 0.1) is 29.3 Å². The summed E-state index contributed by atoms with van der Waals surface area (Å²) in [4.78, 5) is 11.0. The molecule has 0 bridgehead atoms. The van der Waals surface area contributed by atoms with E-state index < -0.39 is 11.7 Å². The molecule has 0 spiro atoms. The Balaban J connectivity index is 1.54. The molecule has 0 fully saturated rings. The highest BCUT2D eigenvalue weighted by atomic mass is 35.5. The number of fused-ring (bicyclic) bond motifs is 1. The van der Waals surface area contributed by atoms with E-state index in [2.05, 4.69) is 4.98 Å². The molecule has 0 N–H and O–H groups in total. The second-order valence-corrected chi connectivity index (χ2v) is 8.45. The van der Waals surface area contributed by atoms with Gasteiger partial charge >= 0.3 is 6.18 Å². The van der Waals surface area contributed by atoms with Crippen molar-refractivity contribution in [1.29, 1.82) is 0 Å². The fourth-order valence-corrected chi connectivity index (χ4v) is 3.87. The number of para-hydroxylation sites is 3. The largest absolute Gasteiger partial charge is 0.457 e. The minimum absolute atomic E-state index is 0.280. The number of hydrogen-bond acceptors (Lipinski definition) is 4. The highest BCUT2D eigenvalue weighted by Gasteiger charge is 2.30. The second-order valence-electron chi connectivity index (χ2n) is 8.01. The van der Waals surface area contributed by atoms with Crippen molar-refractivity contribution in [3.8, 4) is 11.5 Å². The van der Waals surface area contributed by atoms with E-state index in [1.165, 1.54) is 12.1 Å². The molecule has 0 aliphatic heterocycles. The average molecular weight is 506 g/mol. The first-order valence-electron chi connectivity index (χ1n) is 11.0. The van der Waals surface area contributed by atoms with Crippen LogP contribution in [0.15, 0.2) is 103 Å². The standard InChI is InChI=1S/C28H19ClF3N3O/c29-21-11-15-23(16-12-21)36-26-8-4-1-5-19(26)18-35(22-13-9-20(10-14-22)28(30,31)32)27-17-33-24-6-2-3-7-25(24)34-27/h1-17H,18H2. The number of hydrogen-bond donors (Lipinski definition) is 0. The van der Waals surface area contributed by atoms with E-state index in [1.807, 2.05) is 53.4 Å². The Labute approximate surface area is 210 Å². The number of alkyl halides is 3. The Morgan fingerprint density at radius 2 is 1.44 bits per heavy atom. The van der Waals surface area contributed by atoms with Crippen molar-refractivity contribution in [2.24, 2.45) is 0 Å². The van der Waals surface area contributed by atoms with E-state index in [9.17, 15) is 13.2 Å². The van der Waals surface area contributed by atoms with E-state index >= 15 is 0 Å². The molecule has 0 aliphatic carbocycles. The highest BCUT2D eigenvalue weighted by molar-refractivity contribution is 6.30. The fourth-order valence-electron chi connectivity index (χ4n) is 3.75. The lowest BCUT2D eigenvalue weighted by atomic mass is 10.1. The Hall–Kier alpha value is -4.10. The Kier molecular flexibility index (Phi) is 6.48. The minimum atomic E-state index is -4.43. The predicted molar refractivity (Wildman–Crippen MR) is 135 cm³/mol. The van der Waals surface area contributed by atoms with Crippen LogP contribution in [0.3, 0.4) is 0 Å². The fraction of sp³-hybridized carbons (Fsp3) is 0.0714. The van der Waals surface area contributed by atoms with Crippen molar-refractivity contribution in [1.82, 2.24) is 9.97 Å². The lowest BCUT2D eigenvalue weighted by Crippen LogP contribution is -2.19. The van der Waals surface area contributed by atoms with Gasteiger partial charge in [0.2, 0.25) is 0 Å². The second kappa shape index (κ2) is 9.87. The molecule has 0 amide bonds. The van der Waals surface area contributed by atoms with Gasteiger partial charge in [-0.05, 0) is 66.7 Å². The van der Waals surface area contributed by atoms with Crippen LogP contribution in [0.4, 0.5) is 24.7 Å². The first kappa shape index (κ1) is 23.6. The number of aromatic nitrogens is 2. The van der Waals surface area contributed by atoms with Crippen LogP contribution < -0.4 is 9.64 Å². The predicted octanol–water partition coefficient (Wildman–Crippen LogP) is 8.43. The molecule has 1 heterocycles. The van der Waals surface area contributed by atoms with E-state index in [0.29, 0.717) is 33.5 Å². The third-order valence-electron chi connectivity index (χ3n) is 5.56. The van der Waals surface area contributed by atoms with Gasteiger partial charge < -0.3 is 9.64 Å². The third kappa shape index (κ3) is 5.26. The maximum atomic E-state index is 13.2. The smallest absolute Gasteiger partial charge is 0.416 e. The molecule has 0 saturated carbocycles. The SMILES string of the molecule is FC(F)(F)c1ccc(N(Cc2ccccc2Oc2ccc(Cl)cc2)c2cnc3ccccc3n2)cc1. The molecule has 0 radical (unpaired) electrons. The van der Waals surface area contributed by atoms with Gasteiger partial charge in [0.1, 0.15) is 11.5 Å². The quantitative estimate of drug-likeness (QED) is 0.232. The topological polar surface area (TPSA) is 38.2 Å². The first-order valence-corrected chi connectivity index (χ1v) is 11.4. The number of benzene rings is 4. The summed E-state index contributed by atoms with van der Waals surface area (Å²) in [6, 6.07) is 26.9. The van der Waals surface area contributed by atoms with Crippen molar-refractivity contribution in [2.45, 2.75) is 12.7 Å². The zero-order valence-electron chi connectivity index (χ0n) is 18.8. The zero-order valence-corrected chi connectivity index (χ0v) is 19.5. The van der Waals surface area contributed by atoms with Crippen molar-refractivity contribution >= 4 is 34.1 Å².